The summed E-state index contributed by atoms with van der Waals surface area (Å²) in [6, 6.07) is 0. The van der Waals surface area contributed by atoms with Gasteiger partial charge >= 0.3 is 5.97 Å². The van der Waals surface area contributed by atoms with E-state index in [2.05, 4.69) is 20.4 Å². The van der Waals surface area contributed by atoms with Crippen LogP contribution in [0.3, 0.4) is 0 Å². The van der Waals surface area contributed by atoms with Gasteiger partial charge in [0.05, 0.1) is 6.61 Å². The van der Waals surface area contributed by atoms with E-state index in [0.717, 1.165) is 12.8 Å². The molecule has 0 saturated heterocycles. The third-order valence-electron chi connectivity index (χ3n) is 3.35. The zero-order chi connectivity index (χ0) is 12.1. The molecule has 0 spiro atoms. The molecular formula is C14H22O2. The first kappa shape index (κ1) is 13.0. The highest BCUT2D eigenvalue weighted by Gasteiger charge is 2.23. The van der Waals surface area contributed by atoms with Crippen LogP contribution in [0.2, 0.25) is 0 Å². The lowest BCUT2D eigenvalue weighted by molar-refractivity contribution is -0.137. The Labute approximate surface area is 98.4 Å². The van der Waals surface area contributed by atoms with Crippen LogP contribution in [0.15, 0.2) is 23.8 Å². The second-order valence-corrected chi connectivity index (χ2v) is 4.70. The molecule has 0 radical (unpaired) electrons. The van der Waals surface area contributed by atoms with E-state index in [4.69, 9.17) is 4.74 Å². The first-order valence-corrected chi connectivity index (χ1v) is 6.07. The van der Waals surface area contributed by atoms with Crippen LogP contribution in [0.5, 0.6) is 0 Å². The van der Waals surface area contributed by atoms with Crippen molar-refractivity contribution in [2.75, 3.05) is 6.61 Å². The smallest absolute Gasteiger partial charge is 0.330 e. The van der Waals surface area contributed by atoms with Crippen molar-refractivity contribution in [3.8, 4) is 0 Å². The number of carbonyl (C=O) groups is 1. The molecule has 0 aromatic carbocycles. The highest BCUT2D eigenvalue weighted by Crippen LogP contribution is 2.36. The number of rotatable bonds is 3. The van der Waals surface area contributed by atoms with Crippen LogP contribution in [-0.4, -0.2) is 12.6 Å². The first-order chi connectivity index (χ1) is 7.54. The minimum absolute atomic E-state index is 0.202. The molecule has 1 aliphatic rings. The van der Waals surface area contributed by atoms with Crippen molar-refractivity contribution >= 4 is 5.97 Å². The average Bonchev–Trinajstić information content (AvgIpc) is 2.21. The lowest BCUT2D eigenvalue weighted by Gasteiger charge is -2.29. The summed E-state index contributed by atoms with van der Waals surface area (Å²) < 4.78 is 4.95. The minimum Gasteiger partial charge on any atom is -0.463 e. The van der Waals surface area contributed by atoms with Gasteiger partial charge in [-0.2, -0.15) is 0 Å². The van der Waals surface area contributed by atoms with Gasteiger partial charge in [-0.25, -0.2) is 4.79 Å². The second kappa shape index (κ2) is 5.88. The fourth-order valence-corrected chi connectivity index (χ4v) is 2.18. The van der Waals surface area contributed by atoms with Crippen LogP contribution in [0.1, 0.15) is 40.0 Å². The SMILES string of the molecule is C=C(C)C1CC[C@@H](C)/C(=C/C(=O)OCC)C1. The Morgan fingerprint density at radius 1 is 1.56 bits per heavy atom. The molecule has 2 atom stereocenters. The molecule has 1 fully saturated rings. The Bertz CT molecular complexity index is 302. The normalized spacial score (nSPS) is 27.8. The van der Waals surface area contributed by atoms with Crippen molar-refractivity contribution in [2.24, 2.45) is 11.8 Å². The molecule has 0 aromatic rings. The summed E-state index contributed by atoms with van der Waals surface area (Å²) in [5, 5.41) is 0. The van der Waals surface area contributed by atoms with Crippen molar-refractivity contribution in [3.63, 3.8) is 0 Å². The van der Waals surface area contributed by atoms with Gasteiger partial charge in [0.2, 0.25) is 0 Å². The van der Waals surface area contributed by atoms with Crippen LogP contribution in [0.25, 0.3) is 0 Å². The van der Waals surface area contributed by atoms with Crippen LogP contribution in [-0.2, 0) is 9.53 Å². The van der Waals surface area contributed by atoms with Crippen LogP contribution < -0.4 is 0 Å². The molecular weight excluding hydrogens is 200 g/mol. The molecule has 16 heavy (non-hydrogen) atoms. The third-order valence-corrected chi connectivity index (χ3v) is 3.35. The highest BCUT2D eigenvalue weighted by molar-refractivity contribution is 5.82. The number of allylic oxidation sites excluding steroid dienone is 2. The second-order valence-electron chi connectivity index (χ2n) is 4.70. The topological polar surface area (TPSA) is 26.3 Å². The van der Waals surface area contributed by atoms with Gasteiger partial charge in [0.25, 0.3) is 0 Å². The number of carbonyl (C=O) groups excluding carboxylic acids is 1. The summed E-state index contributed by atoms with van der Waals surface area (Å²) in [6.07, 6.45) is 4.98. The number of hydrogen-bond acceptors (Lipinski definition) is 2. The Kier molecular flexibility index (Phi) is 4.78. The van der Waals surface area contributed by atoms with E-state index in [1.807, 2.05) is 6.92 Å². The van der Waals surface area contributed by atoms with Crippen molar-refractivity contribution in [2.45, 2.75) is 40.0 Å². The molecule has 2 nitrogen and oxygen atoms in total. The standard InChI is InChI=1S/C14H22O2/c1-5-16-14(15)9-13-8-12(10(2)3)7-6-11(13)4/h9,11-12H,2,5-8H2,1,3-4H3/b13-9+/t11-,12?/m1/s1. The largest absolute Gasteiger partial charge is 0.463 e. The summed E-state index contributed by atoms with van der Waals surface area (Å²) in [7, 11) is 0. The van der Waals surface area contributed by atoms with Gasteiger partial charge in [0, 0.05) is 6.08 Å². The van der Waals surface area contributed by atoms with E-state index in [1.165, 1.54) is 17.6 Å². The Morgan fingerprint density at radius 2 is 2.25 bits per heavy atom. The van der Waals surface area contributed by atoms with E-state index in [0.29, 0.717) is 18.4 Å². The maximum absolute atomic E-state index is 11.4. The molecule has 0 N–H and O–H groups in total. The van der Waals surface area contributed by atoms with Crippen LogP contribution in [0.4, 0.5) is 0 Å². The van der Waals surface area contributed by atoms with E-state index in [9.17, 15) is 4.79 Å². The van der Waals surface area contributed by atoms with Crippen molar-refractivity contribution in [1.29, 1.82) is 0 Å². The zero-order valence-corrected chi connectivity index (χ0v) is 10.6. The maximum atomic E-state index is 11.4. The summed E-state index contributed by atoms with van der Waals surface area (Å²) in [5.74, 6) is 0.837. The predicted molar refractivity (Wildman–Crippen MR) is 66.0 cm³/mol. The summed E-state index contributed by atoms with van der Waals surface area (Å²) in [6.45, 7) is 10.5. The number of hydrogen-bond donors (Lipinski definition) is 0. The number of ether oxygens (including phenoxy) is 1. The quantitative estimate of drug-likeness (QED) is 0.415. The molecule has 1 rings (SSSR count). The maximum Gasteiger partial charge on any atom is 0.330 e. The Hall–Kier alpha value is -1.05. The molecule has 2 heteroatoms. The molecule has 0 amide bonds. The van der Waals surface area contributed by atoms with Crippen LogP contribution in [0, 0.1) is 11.8 Å². The minimum atomic E-state index is -0.202. The molecule has 0 heterocycles. The molecule has 0 aromatic heterocycles. The molecule has 1 unspecified atom stereocenters. The third kappa shape index (κ3) is 3.51. The average molecular weight is 222 g/mol. The van der Waals surface area contributed by atoms with E-state index in [1.54, 1.807) is 6.08 Å². The van der Waals surface area contributed by atoms with Gasteiger partial charge in [-0.1, -0.05) is 24.6 Å². The lowest BCUT2D eigenvalue weighted by Crippen LogP contribution is -2.17. The molecule has 0 bridgehead atoms. The first-order valence-electron chi connectivity index (χ1n) is 6.07. The van der Waals surface area contributed by atoms with Gasteiger partial charge in [0.1, 0.15) is 0 Å². The molecule has 1 saturated carbocycles. The van der Waals surface area contributed by atoms with Crippen LogP contribution >= 0.6 is 0 Å². The van der Waals surface area contributed by atoms with E-state index < -0.39 is 0 Å². The fourth-order valence-electron chi connectivity index (χ4n) is 2.18. The lowest BCUT2D eigenvalue weighted by atomic mass is 9.76. The summed E-state index contributed by atoms with van der Waals surface area (Å²) in [5.41, 5.74) is 2.44. The molecule has 0 aliphatic heterocycles. The Morgan fingerprint density at radius 3 is 2.81 bits per heavy atom. The van der Waals surface area contributed by atoms with Gasteiger partial charge in [-0.3, -0.25) is 0 Å². The fraction of sp³-hybridized carbons (Fsp3) is 0.643. The van der Waals surface area contributed by atoms with Gasteiger partial charge in [-0.15, -0.1) is 0 Å². The van der Waals surface area contributed by atoms with E-state index >= 15 is 0 Å². The monoisotopic (exact) mass is 222 g/mol. The molecule has 90 valence electrons. The Balaban J connectivity index is 2.69. The van der Waals surface area contributed by atoms with E-state index in [-0.39, 0.29) is 5.97 Å². The summed E-state index contributed by atoms with van der Waals surface area (Å²) >= 11 is 0. The predicted octanol–water partition coefficient (Wildman–Crippen LogP) is 3.49. The molecule has 1 aliphatic carbocycles. The van der Waals surface area contributed by atoms with Crippen molar-refractivity contribution in [3.05, 3.63) is 23.8 Å². The van der Waals surface area contributed by atoms with Crippen molar-refractivity contribution < 1.29 is 9.53 Å². The zero-order valence-electron chi connectivity index (χ0n) is 10.6. The number of esters is 1. The van der Waals surface area contributed by atoms with Gasteiger partial charge < -0.3 is 4.74 Å². The summed E-state index contributed by atoms with van der Waals surface area (Å²) in [4.78, 5) is 11.4. The van der Waals surface area contributed by atoms with Crippen molar-refractivity contribution in [1.82, 2.24) is 0 Å². The van der Waals surface area contributed by atoms with Gasteiger partial charge in [-0.05, 0) is 44.9 Å². The van der Waals surface area contributed by atoms with Gasteiger partial charge in [0.15, 0.2) is 0 Å². The highest BCUT2D eigenvalue weighted by atomic mass is 16.5.